The van der Waals surface area contributed by atoms with Crippen LogP contribution >= 0.6 is 24.4 Å². The third-order valence-corrected chi connectivity index (χ3v) is 2.46. The van der Waals surface area contributed by atoms with Crippen LogP contribution in [0.3, 0.4) is 0 Å². The number of isocyanates is 2. The van der Waals surface area contributed by atoms with E-state index in [0.717, 1.165) is 0 Å². The van der Waals surface area contributed by atoms with Gasteiger partial charge in [-0.05, 0) is 0 Å². The zero-order valence-electron chi connectivity index (χ0n) is 6.39. The molecule has 1 fully saturated rings. The number of rotatable bonds is 2. The van der Waals surface area contributed by atoms with Gasteiger partial charge in [-0.1, -0.05) is 24.4 Å². The molecule has 0 amide bonds. The Hall–Kier alpha value is -1.06. The van der Waals surface area contributed by atoms with Gasteiger partial charge in [-0.25, -0.2) is 9.59 Å². The molecular weight excluding hydrogens is 208 g/mol. The topological polar surface area (TPSA) is 58.9 Å². The number of aliphatic imine (C=N–C) groups is 2. The molecule has 1 aliphatic carbocycles. The second kappa shape index (κ2) is 4.25. The third kappa shape index (κ3) is 1.99. The first-order valence-electron chi connectivity index (χ1n) is 3.40. The monoisotopic (exact) mass is 212 g/mol. The van der Waals surface area contributed by atoms with Crippen LogP contribution in [-0.2, 0) is 9.59 Å². The van der Waals surface area contributed by atoms with Crippen molar-refractivity contribution in [1.29, 1.82) is 0 Å². The highest BCUT2D eigenvalue weighted by molar-refractivity contribution is 7.82. The molecule has 13 heavy (non-hydrogen) atoms. The molecule has 0 saturated heterocycles. The van der Waals surface area contributed by atoms with E-state index in [4.69, 9.17) is 24.4 Å². The molecule has 0 aromatic carbocycles. The van der Waals surface area contributed by atoms with E-state index >= 15 is 0 Å². The van der Waals surface area contributed by atoms with Crippen molar-refractivity contribution in [3.63, 3.8) is 0 Å². The summed E-state index contributed by atoms with van der Waals surface area (Å²) in [6, 6.07) is -1.19. The number of carbonyl (C=O) groups excluding carboxylic acids is 2. The maximum Gasteiger partial charge on any atom is 0.235 e. The Labute approximate surface area is 84.8 Å². The van der Waals surface area contributed by atoms with Gasteiger partial charge in [0, 0.05) is 16.1 Å². The lowest BCUT2D eigenvalue weighted by molar-refractivity contribution is 0.556. The Kier molecular flexibility index (Phi) is 3.28. The highest BCUT2D eigenvalue weighted by Gasteiger charge is 2.36. The summed E-state index contributed by atoms with van der Waals surface area (Å²) in [6.07, 6.45) is 3.17. The minimum absolute atomic E-state index is 0.399. The van der Waals surface area contributed by atoms with Crippen molar-refractivity contribution in [2.75, 3.05) is 0 Å². The lowest BCUT2D eigenvalue weighted by Gasteiger charge is -2.05. The molecule has 0 aromatic heterocycles. The van der Waals surface area contributed by atoms with Crippen LogP contribution in [0.2, 0.25) is 0 Å². The molecule has 0 N–H and O–H groups in total. The molecule has 2 atom stereocenters. The minimum atomic E-state index is -0.596. The van der Waals surface area contributed by atoms with Crippen molar-refractivity contribution < 1.29 is 9.59 Å². The summed E-state index contributed by atoms with van der Waals surface area (Å²) in [6.45, 7) is 0. The first kappa shape index (κ1) is 10.0. The van der Waals surface area contributed by atoms with Crippen LogP contribution in [0, 0.1) is 0 Å². The summed E-state index contributed by atoms with van der Waals surface area (Å²) in [5.41, 5.74) is 0. The predicted octanol–water partition coefficient (Wildman–Crippen LogP) is 0.539. The van der Waals surface area contributed by atoms with Gasteiger partial charge in [-0.15, -0.1) is 0 Å². The van der Waals surface area contributed by atoms with Crippen LogP contribution in [0.4, 0.5) is 0 Å². The van der Waals surface area contributed by atoms with Crippen LogP contribution in [0.15, 0.2) is 9.98 Å². The fourth-order valence-corrected chi connectivity index (χ4v) is 1.90. The molecule has 0 radical (unpaired) electrons. The quantitative estimate of drug-likeness (QED) is 0.381. The molecule has 0 bridgehead atoms. The van der Waals surface area contributed by atoms with Gasteiger partial charge < -0.3 is 0 Å². The van der Waals surface area contributed by atoms with E-state index in [1.165, 1.54) is 12.2 Å². The Morgan fingerprint density at radius 1 is 1.08 bits per heavy atom. The lowest BCUT2D eigenvalue weighted by atomic mass is 10.2. The molecule has 1 rings (SSSR count). The summed E-state index contributed by atoms with van der Waals surface area (Å²) in [4.78, 5) is 28.0. The molecule has 1 saturated carbocycles. The first-order valence-corrected chi connectivity index (χ1v) is 4.21. The molecule has 6 heteroatoms. The van der Waals surface area contributed by atoms with E-state index < -0.39 is 12.1 Å². The van der Waals surface area contributed by atoms with E-state index in [1.54, 1.807) is 0 Å². The smallest absolute Gasteiger partial charge is 0.211 e. The van der Waals surface area contributed by atoms with Gasteiger partial charge in [-0.2, -0.15) is 9.98 Å². The van der Waals surface area contributed by atoms with Crippen molar-refractivity contribution in [2.45, 2.75) is 18.5 Å². The third-order valence-electron chi connectivity index (χ3n) is 1.69. The highest BCUT2D eigenvalue weighted by atomic mass is 32.1. The average molecular weight is 212 g/mol. The average Bonchev–Trinajstić information content (AvgIpc) is 2.33. The van der Waals surface area contributed by atoms with Gasteiger partial charge in [0.1, 0.15) is 12.1 Å². The summed E-state index contributed by atoms with van der Waals surface area (Å²) < 4.78 is 0. The van der Waals surface area contributed by atoms with Crippen LogP contribution in [0.25, 0.3) is 0 Å². The number of hydrogen-bond acceptors (Lipinski definition) is 6. The van der Waals surface area contributed by atoms with Crippen LogP contribution < -0.4 is 0 Å². The van der Waals surface area contributed by atoms with Gasteiger partial charge in [0.2, 0.25) is 12.2 Å². The second-order valence-electron chi connectivity index (χ2n) is 2.44. The van der Waals surface area contributed by atoms with E-state index in [-0.39, 0.29) is 0 Å². The lowest BCUT2D eigenvalue weighted by Crippen LogP contribution is -2.23. The molecule has 0 spiro atoms. The maximum atomic E-state index is 10.0. The number of thiocarbonyl (C=S) groups is 2. The second-order valence-corrected chi connectivity index (χ2v) is 3.49. The Balaban J connectivity index is 3.02. The largest absolute Gasteiger partial charge is 0.235 e. The number of nitrogens with zero attached hydrogens (tertiary/aromatic N) is 2. The maximum absolute atomic E-state index is 10.0. The molecule has 66 valence electrons. The molecule has 0 aromatic rings. The van der Waals surface area contributed by atoms with Crippen molar-refractivity contribution in [3.8, 4) is 0 Å². The Bertz CT molecular complexity index is 320. The van der Waals surface area contributed by atoms with Gasteiger partial charge in [0.05, 0.1) is 0 Å². The zero-order valence-corrected chi connectivity index (χ0v) is 8.02. The standard InChI is InChI=1S/C7H4N2O2S2/c10-2-8-6-4(12)1-5(13)7(6)9-3-11/h6-7H,1H2. The van der Waals surface area contributed by atoms with Gasteiger partial charge >= 0.3 is 0 Å². The fraction of sp³-hybridized carbons (Fsp3) is 0.429. The van der Waals surface area contributed by atoms with Crippen LogP contribution in [0.5, 0.6) is 0 Å². The van der Waals surface area contributed by atoms with E-state index in [9.17, 15) is 9.59 Å². The minimum Gasteiger partial charge on any atom is -0.211 e. The Morgan fingerprint density at radius 2 is 1.46 bits per heavy atom. The molecule has 0 aliphatic heterocycles. The van der Waals surface area contributed by atoms with Crippen molar-refractivity contribution in [2.24, 2.45) is 9.98 Å². The van der Waals surface area contributed by atoms with Crippen molar-refractivity contribution >= 4 is 46.3 Å². The van der Waals surface area contributed by atoms with E-state index in [1.807, 2.05) is 0 Å². The number of hydrogen-bond donors (Lipinski definition) is 0. The van der Waals surface area contributed by atoms with E-state index in [2.05, 4.69) is 9.98 Å². The molecule has 4 nitrogen and oxygen atoms in total. The predicted molar refractivity (Wildman–Crippen MR) is 53.6 cm³/mol. The van der Waals surface area contributed by atoms with Crippen molar-refractivity contribution in [3.05, 3.63) is 0 Å². The summed E-state index contributed by atoms with van der Waals surface area (Å²) >= 11 is 9.85. The molecule has 0 heterocycles. The van der Waals surface area contributed by atoms with Crippen LogP contribution in [0.1, 0.15) is 6.42 Å². The summed E-state index contributed by atoms with van der Waals surface area (Å²) in [5, 5.41) is 0. The van der Waals surface area contributed by atoms with Crippen molar-refractivity contribution in [1.82, 2.24) is 0 Å². The molecular formula is C7H4N2O2S2. The summed E-state index contributed by atoms with van der Waals surface area (Å²) in [5.74, 6) is 0. The van der Waals surface area contributed by atoms with Crippen LogP contribution in [-0.4, -0.2) is 34.0 Å². The van der Waals surface area contributed by atoms with Gasteiger partial charge in [0.15, 0.2) is 0 Å². The van der Waals surface area contributed by atoms with E-state index in [0.29, 0.717) is 16.1 Å². The molecule has 2 unspecified atom stereocenters. The molecule has 1 aliphatic rings. The van der Waals surface area contributed by atoms with Gasteiger partial charge in [0.25, 0.3) is 0 Å². The Morgan fingerprint density at radius 3 is 1.77 bits per heavy atom. The fourth-order valence-electron chi connectivity index (χ4n) is 1.13. The summed E-state index contributed by atoms with van der Waals surface area (Å²) in [7, 11) is 0. The van der Waals surface area contributed by atoms with Gasteiger partial charge in [-0.3, -0.25) is 0 Å². The zero-order chi connectivity index (χ0) is 9.84. The first-order chi connectivity index (χ1) is 6.20. The highest BCUT2D eigenvalue weighted by Crippen LogP contribution is 2.20. The SMILES string of the molecule is O=C=NC1C(=S)CC(=S)C1N=C=O. The normalized spacial score (nSPS) is 26.5.